The molecule has 0 aliphatic rings. The minimum absolute atomic E-state index is 0.0652. The molecule has 9 heteroatoms. The zero-order valence-electron chi connectivity index (χ0n) is 16.6. The van der Waals surface area contributed by atoms with Gasteiger partial charge in [0.05, 0.1) is 22.7 Å². The summed E-state index contributed by atoms with van der Waals surface area (Å²) in [6, 6.07) is 16.6. The summed E-state index contributed by atoms with van der Waals surface area (Å²) in [6.45, 7) is 0. The molecule has 8 nitrogen and oxygen atoms in total. The summed E-state index contributed by atoms with van der Waals surface area (Å²) in [6.07, 6.45) is 0. The van der Waals surface area contributed by atoms with Gasteiger partial charge in [-0.25, -0.2) is 0 Å². The van der Waals surface area contributed by atoms with Gasteiger partial charge in [0.15, 0.2) is 5.76 Å². The number of anilines is 1. The third kappa shape index (κ3) is 3.91. The first kappa shape index (κ1) is 21.1. The van der Waals surface area contributed by atoms with Crippen molar-refractivity contribution in [3.8, 4) is 5.75 Å². The number of ketones is 1. The Labute approximate surface area is 186 Å². The number of nitro groups is 1. The minimum atomic E-state index is -0.623. The molecule has 32 heavy (non-hydrogen) atoms. The highest BCUT2D eigenvalue weighted by molar-refractivity contribution is 6.32. The second kappa shape index (κ2) is 8.52. The molecular formula is C23H15ClN2O6. The predicted molar refractivity (Wildman–Crippen MR) is 119 cm³/mol. The lowest BCUT2D eigenvalue weighted by atomic mass is 10.1. The van der Waals surface area contributed by atoms with Gasteiger partial charge in [-0.05, 0) is 36.4 Å². The summed E-state index contributed by atoms with van der Waals surface area (Å²) in [7, 11) is 1.46. The van der Waals surface area contributed by atoms with Crippen LogP contribution in [0.4, 0.5) is 11.4 Å². The van der Waals surface area contributed by atoms with Gasteiger partial charge in [0, 0.05) is 28.6 Å². The molecular weight excluding hydrogens is 436 g/mol. The fourth-order valence-electron chi connectivity index (χ4n) is 3.21. The number of nitro benzene ring substituents is 1. The van der Waals surface area contributed by atoms with Gasteiger partial charge in [0.2, 0.25) is 5.78 Å². The number of benzene rings is 3. The molecule has 3 aromatic carbocycles. The number of methoxy groups -OCH3 is 1. The van der Waals surface area contributed by atoms with Crippen molar-refractivity contribution in [1.82, 2.24) is 0 Å². The van der Waals surface area contributed by atoms with Gasteiger partial charge < -0.3 is 14.5 Å². The second-order valence-corrected chi connectivity index (χ2v) is 7.15. The lowest BCUT2D eigenvalue weighted by Gasteiger charge is -2.08. The van der Waals surface area contributed by atoms with E-state index in [1.807, 2.05) is 0 Å². The second-order valence-electron chi connectivity index (χ2n) is 6.74. The molecule has 0 bridgehead atoms. The Balaban J connectivity index is 1.76. The van der Waals surface area contributed by atoms with Crippen molar-refractivity contribution in [3.63, 3.8) is 0 Å². The van der Waals surface area contributed by atoms with E-state index in [-0.39, 0.29) is 33.3 Å². The zero-order chi connectivity index (χ0) is 22.8. The number of fused-ring (bicyclic) bond motifs is 1. The van der Waals surface area contributed by atoms with Crippen LogP contribution in [0, 0.1) is 10.1 Å². The standard InChI is InChI=1S/C23H15ClN2O6/c1-31-19-10-9-13(12-17(19)24)21(27)22-20(16-7-2-3-8-18(16)32-22)25-23(28)14-5-4-6-15(11-14)26(29)30/h2-12H,1H3,(H,25,28). The van der Waals surface area contributed by atoms with Gasteiger partial charge in [0.25, 0.3) is 11.6 Å². The lowest BCUT2D eigenvalue weighted by molar-refractivity contribution is -0.384. The maximum atomic E-state index is 13.2. The Morgan fingerprint density at radius 1 is 1.03 bits per heavy atom. The van der Waals surface area contributed by atoms with Crippen molar-refractivity contribution in [2.24, 2.45) is 0 Å². The molecule has 1 amide bonds. The van der Waals surface area contributed by atoms with Crippen LogP contribution < -0.4 is 10.1 Å². The molecule has 1 heterocycles. The molecule has 0 aliphatic carbocycles. The number of ether oxygens (including phenoxy) is 1. The number of halogens is 1. The topological polar surface area (TPSA) is 112 Å². The molecule has 0 saturated heterocycles. The number of nitrogens with zero attached hydrogens (tertiary/aromatic N) is 1. The van der Waals surface area contributed by atoms with Crippen molar-refractivity contribution in [3.05, 3.63) is 98.8 Å². The predicted octanol–water partition coefficient (Wildman–Crippen LogP) is 5.49. The fraction of sp³-hybridized carbons (Fsp3) is 0.0435. The van der Waals surface area contributed by atoms with Gasteiger partial charge in [-0.15, -0.1) is 0 Å². The normalized spacial score (nSPS) is 10.7. The van der Waals surface area contributed by atoms with Crippen molar-refractivity contribution < 1.29 is 23.7 Å². The molecule has 0 fully saturated rings. The average molecular weight is 451 g/mol. The van der Waals surface area contributed by atoms with E-state index in [2.05, 4.69) is 5.32 Å². The Kier molecular flexibility index (Phi) is 5.61. The van der Waals surface area contributed by atoms with Crippen molar-refractivity contribution >= 4 is 45.6 Å². The third-order valence-electron chi connectivity index (χ3n) is 4.77. The molecule has 1 aromatic heterocycles. The van der Waals surface area contributed by atoms with E-state index in [0.29, 0.717) is 16.7 Å². The number of nitrogens with one attached hydrogen (secondary N) is 1. The quantitative estimate of drug-likeness (QED) is 0.236. The van der Waals surface area contributed by atoms with Crippen molar-refractivity contribution in [2.75, 3.05) is 12.4 Å². The van der Waals surface area contributed by atoms with Gasteiger partial charge in [-0.3, -0.25) is 19.7 Å². The monoisotopic (exact) mass is 450 g/mol. The maximum absolute atomic E-state index is 13.2. The molecule has 4 rings (SSSR count). The summed E-state index contributed by atoms with van der Waals surface area (Å²) in [5.41, 5.74) is 0.633. The number of rotatable bonds is 6. The van der Waals surface area contributed by atoms with E-state index in [1.54, 1.807) is 30.3 Å². The maximum Gasteiger partial charge on any atom is 0.270 e. The van der Waals surface area contributed by atoms with Gasteiger partial charge in [0.1, 0.15) is 11.3 Å². The van der Waals surface area contributed by atoms with Crippen LogP contribution in [-0.2, 0) is 0 Å². The summed E-state index contributed by atoms with van der Waals surface area (Å²) in [4.78, 5) is 36.5. The summed E-state index contributed by atoms with van der Waals surface area (Å²) in [5, 5.41) is 14.5. The highest BCUT2D eigenvalue weighted by Crippen LogP contribution is 2.34. The average Bonchev–Trinajstić information content (AvgIpc) is 3.16. The van der Waals surface area contributed by atoms with Crippen LogP contribution in [0.3, 0.4) is 0 Å². The van der Waals surface area contributed by atoms with E-state index in [0.717, 1.165) is 6.07 Å². The Hall–Kier alpha value is -4.17. The van der Waals surface area contributed by atoms with Crippen LogP contribution in [-0.4, -0.2) is 23.7 Å². The lowest BCUT2D eigenvalue weighted by Crippen LogP contribution is -2.14. The third-order valence-corrected chi connectivity index (χ3v) is 5.07. The first-order valence-electron chi connectivity index (χ1n) is 9.34. The van der Waals surface area contributed by atoms with E-state index < -0.39 is 16.6 Å². The van der Waals surface area contributed by atoms with Crippen LogP contribution in [0.5, 0.6) is 5.75 Å². The fourth-order valence-corrected chi connectivity index (χ4v) is 3.47. The van der Waals surface area contributed by atoms with E-state index in [1.165, 1.54) is 37.4 Å². The molecule has 0 radical (unpaired) electrons. The smallest absolute Gasteiger partial charge is 0.270 e. The highest BCUT2D eigenvalue weighted by Gasteiger charge is 2.25. The van der Waals surface area contributed by atoms with Crippen LogP contribution >= 0.6 is 11.6 Å². The molecule has 0 aliphatic heterocycles. The van der Waals surface area contributed by atoms with E-state index in [4.69, 9.17) is 20.8 Å². The first-order chi connectivity index (χ1) is 15.4. The molecule has 4 aromatic rings. The highest BCUT2D eigenvalue weighted by atomic mass is 35.5. The molecule has 0 unspecified atom stereocenters. The number of para-hydroxylation sites is 1. The van der Waals surface area contributed by atoms with Crippen LogP contribution in [0.25, 0.3) is 11.0 Å². The molecule has 0 spiro atoms. The summed E-state index contributed by atoms with van der Waals surface area (Å²) < 4.78 is 10.9. The van der Waals surface area contributed by atoms with E-state index in [9.17, 15) is 19.7 Å². The van der Waals surface area contributed by atoms with Crippen LogP contribution in [0.15, 0.2) is 71.1 Å². The molecule has 160 valence electrons. The van der Waals surface area contributed by atoms with Gasteiger partial charge >= 0.3 is 0 Å². The van der Waals surface area contributed by atoms with Crippen molar-refractivity contribution in [2.45, 2.75) is 0 Å². The number of hydrogen-bond acceptors (Lipinski definition) is 6. The molecule has 0 atom stereocenters. The van der Waals surface area contributed by atoms with Crippen LogP contribution in [0.1, 0.15) is 26.5 Å². The zero-order valence-corrected chi connectivity index (χ0v) is 17.4. The SMILES string of the molecule is COc1ccc(C(=O)c2oc3ccccc3c2NC(=O)c2cccc([N+](=O)[O-])c2)cc1Cl. The van der Waals surface area contributed by atoms with Gasteiger partial charge in [-0.1, -0.05) is 29.8 Å². The molecule has 1 N–H and O–H groups in total. The Morgan fingerprint density at radius 3 is 2.53 bits per heavy atom. The summed E-state index contributed by atoms with van der Waals surface area (Å²) in [5.74, 6) is -0.805. The number of non-ortho nitro benzene ring substituents is 1. The van der Waals surface area contributed by atoms with Crippen molar-refractivity contribution in [1.29, 1.82) is 0 Å². The first-order valence-corrected chi connectivity index (χ1v) is 9.72. The number of furan rings is 1. The Bertz CT molecular complexity index is 1380. The number of carbonyl (C=O) groups is 2. The number of carbonyl (C=O) groups excluding carboxylic acids is 2. The molecule has 0 saturated carbocycles. The number of amides is 1. The summed E-state index contributed by atoms with van der Waals surface area (Å²) >= 11 is 6.15. The van der Waals surface area contributed by atoms with Gasteiger partial charge in [-0.2, -0.15) is 0 Å². The Morgan fingerprint density at radius 2 is 1.81 bits per heavy atom. The largest absolute Gasteiger partial charge is 0.495 e. The van der Waals surface area contributed by atoms with Crippen LogP contribution in [0.2, 0.25) is 5.02 Å². The minimum Gasteiger partial charge on any atom is -0.495 e. The van der Waals surface area contributed by atoms with E-state index >= 15 is 0 Å². The number of hydrogen-bond donors (Lipinski definition) is 1.